The number of hydrogen-bond donors (Lipinski definition) is 0. The first-order valence-electron chi connectivity index (χ1n) is 9.87. The molecule has 0 amide bonds. The van der Waals surface area contributed by atoms with Crippen molar-refractivity contribution in [3.8, 4) is 17.3 Å². The Labute approximate surface area is 176 Å². The molecule has 1 atom stereocenters. The van der Waals surface area contributed by atoms with Gasteiger partial charge in [-0.1, -0.05) is 6.07 Å². The van der Waals surface area contributed by atoms with E-state index in [0.717, 1.165) is 36.4 Å². The predicted octanol–water partition coefficient (Wildman–Crippen LogP) is 3.34. The zero-order valence-corrected chi connectivity index (χ0v) is 16.7. The van der Waals surface area contributed by atoms with Gasteiger partial charge in [-0.2, -0.15) is 0 Å². The highest BCUT2D eigenvalue weighted by molar-refractivity contribution is 5.60. The van der Waals surface area contributed by atoms with Gasteiger partial charge in [0, 0.05) is 42.3 Å². The van der Waals surface area contributed by atoms with Crippen LogP contribution in [0.3, 0.4) is 0 Å². The van der Waals surface area contributed by atoms with Crippen LogP contribution in [-0.4, -0.2) is 43.0 Å². The smallest absolute Gasteiger partial charge is 0.415 e. The first-order chi connectivity index (χ1) is 14.8. The zero-order valence-electron chi connectivity index (χ0n) is 16.7. The predicted molar refractivity (Wildman–Crippen MR) is 106 cm³/mol. The van der Waals surface area contributed by atoms with Gasteiger partial charge in [-0.05, 0) is 41.7 Å². The van der Waals surface area contributed by atoms with Crippen molar-refractivity contribution in [2.45, 2.75) is 32.0 Å². The molecule has 4 heterocycles. The highest BCUT2D eigenvalue weighted by Gasteiger charge is 2.41. The lowest BCUT2D eigenvalue weighted by atomic mass is 10.0. The molecule has 5 rings (SSSR count). The highest BCUT2D eigenvalue weighted by Crippen LogP contribution is 2.33. The van der Waals surface area contributed by atoms with E-state index in [-0.39, 0.29) is 11.8 Å². The normalized spacial score (nSPS) is 20.2. The molecule has 160 valence electrons. The summed E-state index contributed by atoms with van der Waals surface area (Å²) in [6, 6.07) is 7.84. The number of fused-ring (bicyclic) bond motifs is 2. The molecule has 0 spiro atoms. The number of benzene rings is 1. The Morgan fingerprint density at radius 3 is 2.81 bits per heavy atom. The number of pyridine rings is 1. The molecule has 1 aromatic carbocycles. The van der Waals surface area contributed by atoms with Crippen LogP contribution in [0.2, 0.25) is 0 Å². The van der Waals surface area contributed by atoms with Crippen molar-refractivity contribution in [1.82, 2.24) is 19.4 Å². The van der Waals surface area contributed by atoms with Gasteiger partial charge in [-0.15, -0.1) is 0 Å². The number of ether oxygens (including phenoxy) is 1. The maximum absolute atomic E-state index is 13.6. The number of aromatic nitrogens is 3. The fourth-order valence-electron chi connectivity index (χ4n) is 4.26. The lowest BCUT2D eigenvalue weighted by Gasteiger charge is -2.34. The zero-order chi connectivity index (χ0) is 21.8. The van der Waals surface area contributed by atoms with Crippen molar-refractivity contribution in [2.24, 2.45) is 0 Å². The largest absolute Gasteiger partial charge is 0.436 e. The summed E-state index contributed by atoms with van der Waals surface area (Å²) in [4.78, 5) is 21.2. The van der Waals surface area contributed by atoms with Crippen LogP contribution in [0.1, 0.15) is 18.2 Å². The average molecular weight is 427 g/mol. The number of nitro groups is 1. The number of rotatable bonds is 4. The Hall–Kier alpha value is -3.40. The van der Waals surface area contributed by atoms with Crippen molar-refractivity contribution in [3.05, 3.63) is 69.5 Å². The molecule has 0 unspecified atom stereocenters. The number of halogens is 2. The summed E-state index contributed by atoms with van der Waals surface area (Å²) in [5, 5.41) is 10.9. The second-order valence-corrected chi connectivity index (χ2v) is 8.21. The van der Waals surface area contributed by atoms with Crippen molar-refractivity contribution >= 4 is 5.82 Å². The van der Waals surface area contributed by atoms with Crippen LogP contribution in [0.25, 0.3) is 11.3 Å². The summed E-state index contributed by atoms with van der Waals surface area (Å²) >= 11 is 0. The Bertz CT molecular complexity index is 1170. The van der Waals surface area contributed by atoms with E-state index < -0.39 is 22.2 Å². The molecule has 0 aliphatic carbocycles. The molecule has 0 saturated carbocycles. The average Bonchev–Trinajstić information content (AvgIpc) is 3.24. The first-order valence-corrected chi connectivity index (χ1v) is 9.87. The van der Waals surface area contributed by atoms with Crippen LogP contribution < -0.4 is 4.74 Å². The lowest BCUT2D eigenvalue weighted by molar-refractivity contribution is -0.389. The fraction of sp³-hybridized carbons (Fsp3) is 0.333. The van der Waals surface area contributed by atoms with Gasteiger partial charge in [0.05, 0.1) is 12.2 Å². The number of hydrogen-bond acceptors (Lipinski definition) is 6. The SMILES string of the molecule is C[C@]1(CN2CCc3nc(-c4ccc(F)c(F)c4)ccc3C2)Cn2cc([N+](=O)[O-])nc2O1. The van der Waals surface area contributed by atoms with Gasteiger partial charge >= 0.3 is 11.8 Å². The van der Waals surface area contributed by atoms with E-state index in [1.165, 1.54) is 12.3 Å². The highest BCUT2D eigenvalue weighted by atomic mass is 19.2. The molecule has 2 aliphatic heterocycles. The second-order valence-electron chi connectivity index (χ2n) is 8.21. The minimum absolute atomic E-state index is 0.216. The van der Waals surface area contributed by atoms with E-state index in [9.17, 15) is 18.9 Å². The van der Waals surface area contributed by atoms with Crippen LogP contribution in [0.5, 0.6) is 6.01 Å². The molecule has 31 heavy (non-hydrogen) atoms. The third-order valence-electron chi connectivity index (χ3n) is 5.66. The third kappa shape index (κ3) is 3.63. The van der Waals surface area contributed by atoms with E-state index in [2.05, 4.69) is 14.9 Å². The standard InChI is InChI=1S/C21H19F2N5O3/c1-21(12-27-10-19(28(29)30)25-20(27)31-21)11-26-7-6-18-14(9-26)3-5-17(24-18)13-2-4-15(22)16(23)8-13/h2-5,8,10H,6-7,9,11-12H2,1H3/t21-/m0/s1. The van der Waals surface area contributed by atoms with Gasteiger partial charge in [0.2, 0.25) is 0 Å². The molecule has 0 saturated heterocycles. The first kappa shape index (κ1) is 19.6. The minimum atomic E-state index is -0.890. The Morgan fingerprint density at radius 1 is 1.23 bits per heavy atom. The summed E-state index contributed by atoms with van der Waals surface area (Å²) < 4.78 is 34.4. The van der Waals surface area contributed by atoms with E-state index in [1.54, 1.807) is 4.57 Å². The van der Waals surface area contributed by atoms with Crippen LogP contribution >= 0.6 is 0 Å². The molecule has 0 N–H and O–H groups in total. The molecule has 2 aromatic heterocycles. The molecule has 10 heteroatoms. The number of nitrogens with zero attached hydrogens (tertiary/aromatic N) is 5. The molecule has 0 radical (unpaired) electrons. The summed E-state index contributed by atoms with van der Waals surface area (Å²) in [7, 11) is 0. The van der Waals surface area contributed by atoms with Crippen LogP contribution in [0.15, 0.2) is 36.5 Å². The molecule has 2 aliphatic rings. The van der Waals surface area contributed by atoms with Gasteiger partial charge in [-0.25, -0.2) is 8.78 Å². The fourth-order valence-corrected chi connectivity index (χ4v) is 4.26. The topological polar surface area (TPSA) is 86.3 Å². The van der Waals surface area contributed by atoms with Crippen LogP contribution in [0.4, 0.5) is 14.6 Å². The van der Waals surface area contributed by atoms with E-state index in [1.807, 2.05) is 19.1 Å². The van der Waals surface area contributed by atoms with Gasteiger partial charge in [-0.3, -0.25) is 14.5 Å². The van der Waals surface area contributed by atoms with Crippen LogP contribution in [-0.2, 0) is 19.5 Å². The molecular weight excluding hydrogens is 408 g/mol. The maximum Gasteiger partial charge on any atom is 0.415 e. The van der Waals surface area contributed by atoms with E-state index in [4.69, 9.17) is 4.74 Å². The third-order valence-corrected chi connectivity index (χ3v) is 5.66. The van der Waals surface area contributed by atoms with Crippen LogP contribution in [0, 0.1) is 21.7 Å². The van der Waals surface area contributed by atoms with E-state index >= 15 is 0 Å². The van der Waals surface area contributed by atoms with Gasteiger partial charge in [0.15, 0.2) is 11.6 Å². The van der Waals surface area contributed by atoms with Crippen molar-refractivity contribution in [3.63, 3.8) is 0 Å². The summed E-state index contributed by atoms with van der Waals surface area (Å²) in [6.07, 6.45) is 2.12. The Balaban J connectivity index is 1.28. The quantitative estimate of drug-likeness (QED) is 0.469. The van der Waals surface area contributed by atoms with Crippen molar-refractivity contribution < 1.29 is 18.4 Å². The molecular formula is C21H19F2N5O3. The summed E-state index contributed by atoms with van der Waals surface area (Å²) in [6.45, 7) is 4.53. The molecule has 0 bridgehead atoms. The summed E-state index contributed by atoms with van der Waals surface area (Å²) in [5.74, 6) is -1.98. The van der Waals surface area contributed by atoms with Crippen molar-refractivity contribution in [1.29, 1.82) is 0 Å². The van der Waals surface area contributed by atoms with Crippen molar-refractivity contribution in [2.75, 3.05) is 13.1 Å². The maximum atomic E-state index is 13.6. The lowest BCUT2D eigenvalue weighted by Crippen LogP contribution is -2.46. The minimum Gasteiger partial charge on any atom is -0.436 e. The Kier molecular flexibility index (Phi) is 4.47. The summed E-state index contributed by atoms with van der Waals surface area (Å²) in [5.41, 5.74) is 2.64. The van der Waals surface area contributed by atoms with Gasteiger partial charge < -0.3 is 14.9 Å². The molecule has 8 nitrogen and oxygen atoms in total. The molecule has 0 fully saturated rings. The Morgan fingerprint density at radius 2 is 2.06 bits per heavy atom. The number of imidazole rings is 1. The molecule has 3 aromatic rings. The monoisotopic (exact) mass is 427 g/mol. The van der Waals surface area contributed by atoms with Gasteiger partial charge in [0.25, 0.3) is 0 Å². The second kappa shape index (κ2) is 7.09. The van der Waals surface area contributed by atoms with Gasteiger partial charge in [0.1, 0.15) is 11.8 Å². The van der Waals surface area contributed by atoms with E-state index in [0.29, 0.717) is 30.9 Å².